The molecular weight excluding hydrogens is 392 g/mol. The number of aromatic nitrogens is 4. The number of H-pyrrole nitrogens is 1. The molecule has 3 heterocycles. The van der Waals surface area contributed by atoms with Gasteiger partial charge in [-0.15, -0.1) is 0 Å². The first-order valence-electron chi connectivity index (χ1n) is 10.5. The molecule has 2 aromatic carbocycles. The maximum Gasteiger partial charge on any atom is 0.261 e. The molecule has 158 valence electrons. The summed E-state index contributed by atoms with van der Waals surface area (Å²) < 4.78 is 1.41. The Hall–Kier alpha value is -3.68. The zero-order valence-corrected chi connectivity index (χ0v) is 17.4. The van der Waals surface area contributed by atoms with Crippen LogP contribution in [0.1, 0.15) is 12.0 Å². The Labute approximate surface area is 179 Å². The van der Waals surface area contributed by atoms with Gasteiger partial charge in [0, 0.05) is 26.2 Å². The fourth-order valence-electron chi connectivity index (χ4n) is 4.16. The second-order valence-electron chi connectivity index (χ2n) is 7.95. The summed E-state index contributed by atoms with van der Waals surface area (Å²) in [5, 5.41) is 0.544. The molecule has 0 unspecified atom stereocenters. The number of hydrogen-bond acceptors (Lipinski definition) is 5. The number of rotatable bonds is 3. The molecular formula is C23H24N6O2. The summed E-state index contributed by atoms with van der Waals surface area (Å²) in [6, 6.07) is 13.5. The second-order valence-corrected chi connectivity index (χ2v) is 7.95. The summed E-state index contributed by atoms with van der Waals surface area (Å²) in [6.07, 6.45) is 2.32. The molecule has 1 N–H and O–H groups in total. The van der Waals surface area contributed by atoms with Gasteiger partial charge >= 0.3 is 0 Å². The molecule has 31 heavy (non-hydrogen) atoms. The Balaban J connectivity index is 1.30. The zero-order valence-electron chi connectivity index (χ0n) is 17.4. The molecule has 0 saturated carbocycles. The fourth-order valence-corrected chi connectivity index (χ4v) is 4.16. The largest absolute Gasteiger partial charge is 0.341 e. The highest BCUT2D eigenvalue weighted by Crippen LogP contribution is 2.18. The van der Waals surface area contributed by atoms with Crippen molar-refractivity contribution in [3.63, 3.8) is 0 Å². The molecule has 1 fully saturated rings. The maximum atomic E-state index is 13.0. The lowest BCUT2D eigenvalue weighted by atomic mass is 10.1. The highest BCUT2D eigenvalue weighted by Gasteiger charge is 2.21. The predicted octanol–water partition coefficient (Wildman–Crippen LogP) is 2.32. The van der Waals surface area contributed by atoms with E-state index in [1.165, 1.54) is 10.9 Å². The minimum Gasteiger partial charge on any atom is -0.341 e. The third-order valence-corrected chi connectivity index (χ3v) is 5.89. The standard InChI is InChI=1S/C23H24N6O2/c1-16-6-4-7-17-21(16)24-15-29(22(17)31)14-20(30)27-10-5-11-28(13-12-27)23-25-18-8-2-3-9-19(18)26-23/h2-4,6-9,15H,5,10-14H2,1H3,(H,25,26). The zero-order chi connectivity index (χ0) is 21.4. The van der Waals surface area contributed by atoms with Crippen LogP contribution in [0.25, 0.3) is 21.9 Å². The SMILES string of the molecule is Cc1cccc2c(=O)n(CC(=O)N3CCCN(c4nc5ccccc5[nH]4)CC3)cnc12. The molecule has 1 aliphatic rings. The molecule has 5 rings (SSSR count). The van der Waals surface area contributed by atoms with E-state index >= 15 is 0 Å². The summed E-state index contributed by atoms with van der Waals surface area (Å²) in [5.74, 6) is 0.767. The number of amides is 1. The third kappa shape index (κ3) is 3.65. The van der Waals surface area contributed by atoms with E-state index in [4.69, 9.17) is 0 Å². The first-order valence-corrected chi connectivity index (χ1v) is 10.5. The molecule has 4 aromatic rings. The number of imidazole rings is 1. The van der Waals surface area contributed by atoms with Gasteiger partial charge in [-0.3, -0.25) is 14.2 Å². The monoisotopic (exact) mass is 416 g/mol. The second kappa shape index (κ2) is 7.86. The van der Waals surface area contributed by atoms with Gasteiger partial charge in [-0.1, -0.05) is 24.3 Å². The van der Waals surface area contributed by atoms with E-state index < -0.39 is 0 Å². The lowest BCUT2D eigenvalue weighted by Gasteiger charge is -2.22. The van der Waals surface area contributed by atoms with Crippen molar-refractivity contribution in [2.24, 2.45) is 0 Å². The molecule has 8 nitrogen and oxygen atoms in total. The highest BCUT2D eigenvalue weighted by atomic mass is 16.2. The van der Waals surface area contributed by atoms with Crippen molar-refractivity contribution >= 4 is 33.8 Å². The maximum absolute atomic E-state index is 13.0. The molecule has 0 aliphatic carbocycles. The van der Waals surface area contributed by atoms with Crippen LogP contribution in [0.5, 0.6) is 0 Å². The Bertz CT molecular complexity index is 1290. The van der Waals surface area contributed by atoms with Crippen molar-refractivity contribution < 1.29 is 4.79 Å². The fraction of sp³-hybridized carbons (Fsp3) is 0.304. The molecule has 1 saturated heterocycles. The summed E-state index contributed by atoms with van der Waals surface area (Å²) in [4.78, 5) is 42.2. The van der Waals surface area contributed by atoms with Gasteiger partial charge in [-0.2, -0.15) is 0 Å². The number of fused-ring (bicyclic) bond motifs is 2. The number of carbonyl (C=O) groups is 1. The number of aryl methyl sites for hydroxylation is 1. The van der Waals surface area contributed by atoms with Crippen LogP contribution in [0, 0.1) is 6.92 Å². The summed E-state index contributed by atoms with van der Waals surface area (Å²) in [5.41, 5.74) is 3.40. The first kappa shape index (κ1) is 19.3. The van der Waals surface area contributed by atoms with E-state index in [9.17, 15) is 9.59 Å². The third-order valence-electron chi connectivity index (χ3n) is 5.89. The molecule has 2 aromatic heterocycles. The average Bonchev–Trinajstić information content (AvgIpc) is 3.05. The van der Waals surface area contributed by atoms with Crippen molar-refractivity contribution in [2.45, 2.75) is 19.9 Å². The van der Waals surface area contributed by atoms with Crippen LogP contribution in [0.2, 0.25) is 0 Å². The van der Waals surface area contributed by atoms with Crippen molar-refractivity contribution in [1.82, 2.24) is 24.4 Å². The predicted molar refractivity (Wildman–Crippen MR) is 120 cm³/mol. The van der Waals surface area contributed by atoms with Crippen molar-refractivity contribution in [1.29, 1.82) is 0 Å². The lowest BCUT2D eigenvalue weighted by molar-refractivity contribution is -0.131. The topological polar surface area (TPSA) is 87.1 Å². The van der Waals surface area contributed by atoms with Crippen LogP contribution in [0.15, 0.2) is 53.6 Å². The van der Waals surface area contributed by atoms with Crippen LogP contribution in [0.4, 0.5) is 5.95 Å². The highest BCUT2D eigenvalue weighted by molar-refractivity contribution is 5.81. The quantitative estimate of drug-likeness (QED) is 0.554. The minimum absolute atomic E-state index is 0.000350. The minimum atomic E-state index is -0.180. The molecule has 1 amide bonds. The molecule has 0 atom stereocenters. The van der Waals surface area contributed by atoms with Gasteiger partial charge < -0.3 is 14.8 Å². The van der Waals surface area contributed by atoms with E-state index in [0.29, 0.717) is 30.5 Å². The van der Waals surface area contributed by atoms with Gasteiger partial charge in [0.25, 0.3) is 5.56 Å². The van der Waals surface area contributed by atoms with Crippen LogP contribution < -0.4 is 10.5 Å². The summed E-state index contributed by atoms with van der Waals surface area (Å²) in [6.45, 7) is 4.68. The number of carbonyl (C=O) groups excluding carboxylic acids is 1. The van der Waals surface area contributed by atoms with Gasteiger partial charge in [0.2, 0.25) is 11.9 Å². The van der Waals surface area contributed by atoms with Crippen molar-refractivity contribution in [2.75, 3.05) is 31.1 Å². The number of nitrogens with zero attached hydrogens (tertiary/aromatic N) is 5. The number of anilines is 1. The van der Waals surface area contributed by atoms with E-state index in [2.05, 4.69) is 19.9 Å². The number of para-hydroxylation sites is 3. The van der Waals surface area contributed by atoms with Crippen LogP contribution >= 0.6 is 0 Å². The molecule has 0 bridgehead atoms. The van der Waals surface area contributed by atoms with Gasteiger partial charge in [-0.05, 0) is 37.1 Å². The van der Waals surface area contributed by atoms with Crippen LogP contribution in [-0.4, -0.2) is 56.5 Å². The Morgan fingerprint density at radius 1 is 1.06 bits per heavy atom. The smallest absolute Gasteiger partial charge is 0.261 e. The van der Waals surface area contributed by atoms with E-state index in [1.54, 1.807) is 6.07 Å². The van der Waals surface area contributed by atoms with E-state index in [-0.39, 0.29) is 18.0 Å². The van der Waals surface area contributed by atoms with E-state index in [0.717, 1.165) is 35.5 Å². The average molecular weight is 416 g/mol. The number of hydrogen-bond donors (Lipinski definition) is 1. The normalized spacial score (nSPS) is 14.9. The molecule has 0 spiro atoms. The number of nitrogens with one attached hydrogen (secondary N) is 1. The Morgan fingerprint density at radius 3 is 2.81 bits per heavy atom. The molecule has 0 radical (unpaired) electrons. The van der Waals surface area contributed by atoms with Crippen LogP contribution in [-0.2, 0) is 11.3 Å². The van der Waals surface area contributed by atoms with Crippen LogP contribution in [0.3, 0.4) is 0 Å². The number of benzene rings is 2. The summed E-state index contributed by atoms with van der Waals surface area (Å²) in [7, 11) is 0. The van der Waals surface area contributed by atoms with Gasteiger partial charge in [0.15, 0.2) is 0 Å². The summed E-state index contributed by atoms with van der Waals surface area (Å²) >= 11 is 0. The Morgan fingerprint density at radius 2 is 1.94 bits per heavy atom. The van der Waals surface area contributed by atoms with Gasteiger partial charge in [0.05, 0.1) is 28.3 Å². The van der Waals surface area contributed by atoms with Gasteiger partial charge in [-0.25, -0.2) is 9.97 Å². The molecule has 8 heteroatoms. The van der Waals surface area contributed by atoms with E-state index in [1.807, 2.05) is 48.2 Å². The Kier molecular flexibility index (Phi) is 4.89. The van der Waals surface area contributed by atoms with Gasteiger partial charge in [0.1, 0.15) is 6.54 Å². The first-order chi connectivity index (χ1) is 15.1. The number of aromatic amines is 1. The van der Waals surface area contributed by atoms with Crippen molar-refractivity contribution in [3.05, 3.63) is 64.7 Å². The lowest BCUT2D eigenvalue weighted by Crippen LogP contribution is -2.39. The van der Waals surface area contributed by atoms with Crippen molar-refractivity contribution in [3.8, 4) is 0 Å². The molecule has 1 aliphatic heterocycles.